The molecule has 3 aromatic rings. The predicted molar refractivity (Wildman–Crippen MR) is 122 cm³/mol. The van der Waals surface area contributed by atoms with Crippen LogP contribution in [0.5, 0.6) is 0 Å². The van der Waals surface area contributed by atoms with Gasteiger partial charge < -0.3 is 19.9 Å². The van der Waals surface area contributed by atoms with E-state index in [2.05, 4.69) is 24.9 Å². The van der Waals surface area contributed by atoms with Gasteiger partial charge in [0.25, 0.3) is 5.91 Å². The minimum atomic E-state index is -0.589. The van der Waals surface area contributed by atoms with Crippen molar-refractivity contribution in [1.29, 1.82) is 0 Å². The van der Waals surface area contributed by atoms with E-state index in [9.17, 15) is 14.0 Å². The van der Waals surface area contributed by atoms with Crippen LogP contribution in [0.4, 0.5) is 15.9 Å². The van der Waals surface area contributed by atoms with Crippen LogP contribution in [-0.4, -0.2) is 60.0 Å². The number of ether oxygens (including phenoxy) is 1. The van der Waals surface area contributed by atoms with Crippen LogP contribution >= 0.6 is 0 Å². The molecule has 0 bridgehead atoms. The number of aromatic nitrogens is 2. The Morgan fingerprint density at radius 2 is 1.76 bits per heavy atom. The fraction of sp³-hybridized carbons (Fsp3) is 0.250. The molecule has 1 aliphatic rings. The van der Waals surface area contributed by atoms with Gasteiger partial charge in [0.1, 0.15) is 11.6 Å². The number of amides is 1. The number of halogens is 1. The van der Waals surface area contributed by atoms with E-state index >= 15 is 0 Å². The number of piperazine rings is 1. The van der Waals surface area contributed by atoms with Gasteiger partial charge in [-0.1, -0.05) is 6.07 Å². The Bertz CT molecular complexity index is 1120. The first kappa shape index (κ1) is 22.2. The molecule has 170 valence electrons. The second kappa shape index (κ2) is 10.1. The second-order valence-electron chi connectivity index (χ2n) is 7.57. The van der Waals surface area contributed by atoms with Crippen molar-refractivity contribution in [2.45, 2.75) is 6.54 Å². The number of nitrogens with one attached hydrogen (secondary N) is 1. The molecule has 8 nitrogen and oxygen atoms in total. The molecule has 2 aromatic heterocycles. The summed E-state index contributed by atoms with van der Waals surface area (Å²) >= 11 is 0. The summed E-state index contributed by atoms with van der Waals surface area (Å²) in [4.78, 5) is 36.7. The quantitative estimate of drug-likeness (QED) is 0.579. The summed E-state index contributed by atoms with van der Waals surface area (Å²) in [7, 11) is 1.25. The van der Waals surface area contributed by atoms with Gasteiger partial charge in [0, 0.05) is 62.6 Å². The highest BCUT2D eigenvalue weighted by molar-refractivity contribution is 5.94. The van der Waals surface area contributed by atoms with Crippen LogP contribution in [0.15, 0.2) is 61.1 Å². The van der Waals surface area contributed by atoms with Gasteiger partial charge in [-0.15, -0.1) is 0 Å². The van der Waals surface area contributed by atoms with Gasteiger partial charge in [0.05, 0.1) is 18.2 Å². The van der Waals surface area contributed by atoms with Crippen molar-refractivity contribution >= 4 is 23.4 Å². The van der Waals surface area contributed by atoms with Gasteiger partial charge in [-0.05, 0) is 36.4 Å². The third-order valence-corrected chi connectivity index (χ3v) is 5.54. The fourth-order valence-electron chi connectivity index (χ4n) is 3.65. The van der Waals surface area contributed by atoms with E-state index in [4.69, 9.17) is 0 Å². The Kier molecular flexibility index (Phi) is 6.77. The maximum Gasteiger partial charge on any atom is 0.337 e. The lowest BCUT2D eigenvalue weighted by Gasteiger charge is -2.36. The van der Waals surface area contributed by atoms with Crippen molar-refractivity contribution in [3.8, 4) is 0 Å². The van der Waals surface area contributed by atoms with E-state index in [0.29, 0.717) is 30.0 Å². The maximum absolute atomic E-state index is 14.2. The van der Waals surface area contributed by atoms with Crippen LogP contribution in [0.2, 0.25) is 0 Å². The standard InChI is InChI=1S/C24H24FN5O3/c1-33-24(32)17-2-3-18(21(25)14-17)15-27-22-5-4-19(16-28-22)23(31)30-12-10-29(11-13-30)20-6-8-26-9-7-20/h2-9,14,16H,10-13,15H2,1H3,(H,27,28). The molecule has 1 N–H and O–H groups in total. The Hall–Kier alpha value is -4.01. The van der Waals surface area contributed by atoms with E-state index in [1.807, 2.05) is 17.0 Å². The Labute approximate surface area is 191 Å². The summed E-state index contributed by atoms with van der Waals surface area (Å²) in [5.74, 6) is -0.643. The van der Waals surface area contributed by atoms with E-state index < -0.39 is 11.8 Å². The smallest absolute Gasteiger partial charge is 0.337 e. The van der Waals surface area contributed by atoms with E-state index in [1.165, 1.54) is 25.4 Å². The molecule has 1 aliphatic heterocycles. The van der Waals surface area contributed by atoms with Crippen molar-refractivity contribution in [3.05, 3.63) is 83.6 Å². The van der Waals surface area contributed by atoms with Crippen LogP contribution < -0.4 is 10.2 Å². The Morgan fingerprint density at radius 3 is 2.39 bits per heavy atom. The van der Waals surface area contributed by atoms with Crippen molar-refractivity contribution in [2.24, 2.45) is 0 Å². The first-order valence-corrected chi connectivity index (χ1v) is 10.6. The number of benzene rings is 1. The van der Waals surface area contributed by atoms with Gasteiger partial charge in [-0.25, -0.2) is 14.2 Å². The highest BCUT2D eigenvalue weighted by atomic mass is 19.1. The molecule has 3 heterocycles. The number of methoxy groups -OCH3 is 1. The molecule has 0 spiro atoms. The van der Waals surface area contributed by atoms with Crippen LogP contribution in [0.3, 0.4) is 0 Å². The molecule has 0 saturated carbocycles. The number of hydrogen-bond donors (Lipinski definition) is 1. The molecule has 1 aromatic carbocycles. The molecule has 4 rings (SSSR count). The van der Waals surface area contributed by atoms with E-state index in [1.54, 1.807) is 24.5 Å². The third kappa shape index (κ3) is 5.25. The molecule has 33 heavy (non-hydrogen) atoms. The van der Waals surface area contributed by atoms with Gasteiger partial charge in [0.15, 0.2) is 0 Å². The van der Waals surface area contributed by atoms with E-state index in [0.717, 1.165) is 24.8 Å². The summed E-state index contributed by atoms with van der Waals surface area (Å²) in [6, 6.07) is 11.5. The van der Waals surface area contributed by atoms with Gasteiger partial charge in [-0.3, -0.25) is 9.78 Å². The first-order chi connectivity index (χ1) is 16.0. The molecular formula is C24H24FN5O3. The van der Waals surface area contributed by atoms with Gasteiger partial charge >= 0.3 is 5.97 Å². The summed E-state index contributed by atoms with van der Waals surface area (Å²) in [5, 5.41) is 3.03. The average molecular weight is 449 g/mol. The number of carbonyl (C=O) groups excluding carboxylic acids is 2. The molecule has 1 fully saturated rings. The number of esters is 1. The number of nitrogens with zero attached hydrogens (tertiary/aromatic N) is 4. The molecular weight excluding hydrogens is 425 g/mol. The zero-order chi connectivity index (χ0) is 23.2. The molecule has 0 aliphatic carbocycles. The molecule has 1 saturated heterocycles. The Morgan fingerprint density at radius 1 is 1.03 bits per heavy atom. The number of pyridine rings is 2. The van der Waals surface area contributed by atoms with Crippen molar-refractivity contribution in [3.63, 3.8) is 0 Å². The lowest BCUT2D eigenvalue weighted by molar-refractivity contribution is 0.0599. The largest absolute Gasteiger partial charge is 0.465 e. The number of anilines is 2. The lowest BCUT2D eigenvalue weighted by Crippen LogP contribution is -2.48. The average Bonchev–Trinajstić information content (AvgIpc) is 2.88. The summed E-state index contributed by atoms with van der Waals surface area (Å²) < 4.78 is 18.8. The maximum atomic E-state index is 14.2. The fourth-order valence-corrected chi connectivity index (χ4v) is 3.65. The van der Waals surface area contributed by atoms with E-state index in [-0.39, 0.29) is 18.0 Å². The van der Waals surface area contributed by atoms with Crippen molar-refractivity contribution in [1.82, 2.24) is 14.9 Å². The summed E-state index contributed by atoms with van der Waals surface area (Å²) in [6.07, 6.45) is 5.05. The van der Waals surface area contributed by atoms with Crippen LogP contribution in [0.1, 0.15) is 26.3 Å². The van der Waals surface area contributed by atoms with Crippen LogP contribution in [0.25, 0.3) is 0 Å². The zero-order valence-corrected chi connectivity index (χ0v) is 18.2. The summed E-state index contributed by atoms with van der Waals surface area (Å²) in [6.45, 7) is 2.95. The van der Waals surface area contributed by atoms with Crippen molar-refractivity contribution in [2.75, 3.05) is 43.5 Å². The third-order valence-electron chi connectivity index (χ3n) is 5.54. The molecule has 0 atom stereocenters. The number of hydrogen-bond acceptors (Lipinski definition) is 7. The van der Waals surface area contributed by atoms with Crippen LogP contribution in [-0.2, 0) is 11.3 Å². The first-order valence-electron chi connectivity index (χ1n) is 10.6. The molecule has 0 unspecified atom stereocenters. The number of rotatable bonds is 6. The normalized spacial score (nSPS) is 13.5. The SMILES string of the molecule is COC(=O)c1ccc(CNc2ccc(C(=O)N3CCN(c4ccncc4)CC3)cn2)c(F)c1. The second-order valence-corrected chi connectivity index (χ2v) is 7.57. The zero-order valence-electron chi connectivity index (χ0n) is 18.2. The minimum absolute atomic E-state index is 0.0622. The summed E-state index contributed by atoms with van der Waals surface area (Å²) in [5.41, 5.74) is 2.15. The topological polar surface area (TPSA) is 87.7 Å². The number of carbonyl (C=O) groups is 2. The minimum Gasteiger partial charge on any atom is -0.465 e. The highest BCUT2D eigenvalue weighted by Crippen LogP contribution is 2.17. The monoisotopic (exact) mass is 449 g/mol. The van der Waals surface area contributed by atoms with Crippen molar-refractivity contribution < 1.29 is 18.7 Å². The van der Waals surface area contributed by atoms with Gasteiger partial charge in [0.2, 0.25) is 0 Å². The lowest BCUT2D eigenvalue weighted by atomic mass is 10.1. The van der Waals surface area contributed by atoms with Gasteiger partial charge in [-0.2, -0.15) is 0 Å². The molecule has 9 heteroatoms. The molecule has 1 amide bonds. The highest BCUT2D eigenvalue weighted by Gasteiger charge is 2.22. The van der Waals surface area contributed by atoms with Crippen LogP contribution in [0, 0.1) is 5.82 Å². The predicted octanol–water partition coefficient (Wildman–Crippen LogP) is 2.98. The Balaban J connectivity index is 1.31. The molecule has 0 radical (unpaired) electrons.